The minimum Gasteiger partial charge on any atom is -0.466 e. The molecule has 198 valence electrons. The lowest BCUT2D eigenvalue weighted by molar-refractivity contribution is -0.187. The van der Waals surface area contributed by atoms with E-state index in [1.807, 2.05) is 0 Å². The van der Waals surface area contributed by atoms with Crippen LogP contribution in [0.3, 0.4) is 0 Å². The molecule has 8 nitrogen and oxygen atoms in total. The maximum atomic E-state index is 13.0. The van der Waals surface area contributed by atoms with Crippen molar-refractivity contribution in [2.75, 3.05) is 19.8 Å². The predicted molar refractivity (Wildman–Crippen MR) is 129 cm³/mol. The third-order valence-electron chi connectivity index (χ3n) is 5.70. The minimum atomic E-state index is -2.68. The highest BCUT2D eigenvalue weighted by Crippen LogP contribution is 2.29. The standard InChI is InChI=1S/C26H46O8/c1-5-9-10-11-12-13-14-15-16-17-18-19-21(27)23(24(29)33-7-3)26(31,25(30)34-8-4)20-22(28)32-6-2/h23,31H,5-20H2,1-4H3. The van der Waals surface area contributed by atoms with Gasteiger partial charge in [-0.05, 0) is 27.2 Å². The maximum absolute atomic E-state index is 13.0. The van der Waals surface area contributed by atoms with Gasteiger partial charge in [-0.25, -0.2) is 4.79 Å². The van der Waals surface area contributed by atoms with Gasteiger partial charge in [0.25, 0.3) is 0 Å². The highest BCUT2D eigenvalue weighted by atomic mass is 16.6. The molecular weight excluding hydrogens is 440 g/mol. The molecule has 0 aliphatic carbocycles. The van der Waals surface area contributed by atoms with Gasteiger partial charge in [-0.2, -0.15) is 0 Å². The first-order chi connectivity index (χ1) is 16.3. The van der Waals surface area contributed by atoms with Crippen LogP contribution in [0.25, 0.3) is 0 Å². The number of rotatable bonds is 21. The summed E-state index contributed by atoms with van der Waals surface area (Å²) in [5.41, 5.74) is -2.68. The summed E-state index contributed by atoms with van der Waals surface area (Å²) in [4.78, 5) is 50.3. The number of ether oxygens (including phenoxy) is 3. The van der Waals surface area contributed by atoms with Crippen LogP contribution in [0.1, 0.15) is 111 Å². The van der Waals surface area contributed by atoms with Gasteiger partial charge >= 0.3 is 17.9 Å². The molecule has 0 rings (SSSR count). The first-order valence-electron chi connectivity index (χ1n) is 13.0. The summed E-state index contributed by atoms with van der Waals surface area (Å²) in [6, 6.07) is 0. The van der Waals surface area contributed by atoms with Crippen molar-refractivity contribution >= 4 is 23.7 Å². The van der Waals surface area contributed by atoms with Crippen molar-refractivity contribution in [2.45, 2.75) is 117 Å². The molecule has 0 bridgehead atoms. The summed E-state index contributed by atoms with van der Waals surface area (Å²) in [7, 11) is 0. The van der Waals surface area contributed by atoms with E-state index in [1.165, 1.54) is 45.4 Å². The summed E-state index contributed by atoms with van der Waals surface area (Å²) < 4.78 is 14.7. The second-order valence-electron chi connectivity index (χ2n) is 8.56. The Balaban J connectivity index is 4.97. The van der Waals surface area contributed by atoms with Gasteiger partial charge in [0.2, 0.25) is 0 Å². The fourth-order valence-corrected chi connectivity index (χ4v) is 3.91. The third kappa shape index (κ3) is 12.5. The van der Waals surface area contributed by atoms with Crippen molar-refractivity contribution in [3.8, 4) is 0 Å². The van der Waals surface area contributed by atoms with Gasteiger partial charge in [-0.1, -0.05) is 71.1 Å². The van der Waals surface area contributed by atoms with E-state index in [0.717, 1.165) is 25.7 Å². The molecule has 0 aromatic heterocycles. The van der Waals surface area contributed by atoms with Gasteiger partial charge in [0, 0.05) is 6.42 Å². The van der Waals surface area contributed by atoms with Crippen LogP contribution in [0.15, 0.2) is 0 Å². The molecular formula is C26H46O8. The van der Waals surface area contributed by atoms with E-state index in [0.29, 0.717) is 6.42 Å². The van der Waals surface area contributed by atoms with E-state index in [2.05, 4.69) is 6.92 Å². The number of esters is 3. The molecule has 2 unspecified atom stereocenters. The smallest absolute Gasteiger partial charge is 0.340 e. The molecule has 0 radical (unpaired) electrons. The van der Waals surface area contributed by atoms with E-state index in [4.69, 9.17) is 14.2 Å². The number of unbranched alkanes of at least 4 members (excludes halogenated alkanes) is 10. The van der Waals surface area contributed by atoms with Crippen LogP contribution in [0, 0.1) is 5.92 Å². The van der Waals surface area contributed by atoms with Gasteiger partial charge in [-0.15, -0.1) is 0 Å². The van der Waals surface area contributed by atoms with E-state index in [9.17, 15) is 24.3 Å². The lowest BCUT2D eigenvalue weighted by atomic mass is 9.80. The molecule has 0 aliphatic rings. The largest absolute Gasteiger partial charge is 0.466 e. The van der Waals surface area contributed by atoms with Crippen LogP contribution >= 0.6 is 0 Å². The first-order valence-corrected chi connectivity index (χ1v) is 13.0. The topological polar surface area (TPSA) is 116 Å². The molecule has 8 heteroatoms. The zero-order valence-corrected chi connectivity index (χ0v) is 21.7. The first kappa shape index (κ1) is 32.0. The van der Waals surface area contributed by atoms with Crippen molar-refractivity contribution in [3.63, 3.8) is 0 Å². The van der Waals surface area contributed by atoms with E-state index < -0.39 is 41.6 Å². The van der Waals surface area contributed by atoms with Gasteiger partial charge < -0.3 is 19.3 Å². The fourth-order valence-electron chi connectivity index (χ4n) is 3.91. The van der Waals surface area contributed by atoms with Gasteiger partial charge in [0.15, 0.2) is 17.3 Å². The number of carbonyl (C=O) groups is 4. The molecule has 0 amide bonds. The highest BCUT2D eigenvalue weighted by molar-refractivity contribution is 6.06. The molecule has 0 aromatic rings. The zero-order valence-electron chi connectivity index (χ0n) is 21.7. The number of aliphatic hydroxyl groups is 1. The molecule has 0 spiro atoms. The molecule has 34 heavy (non-hydrogen) atoms. The number of hydrogen-bond acceptors (Lipinski definition) is 8. The minimum absolute atomic E-state index is 0.00889. The molecule has 0 fully saturated rings. The van der Waals surface area contributed by atoms with Crippen LogP contribution in [0.2, 0.25) is 0 Å². The van der Waals surface area contributed by atoms with Gasteiger partial charge in [-0.3, -0.25) is 14.4 Å². The van der Waals surface area contributed by atoms with E-state index >= 15 is 0 Å². The van der Waals surface area contributed by atoms with Crippen LogP contribution in [0.5, 0.6) is 0 Å². The van der Waals surface area contributed by atoms with Gasteiger partial charge in [0.1, 0.15) is 0 Å². The summed E-state index contributed by atoms with van der Waals surface area (Å²) in [5, 5.41) is 11.1. The Morgan fingerprint density at radius 2 is 1.15 bits per heavy atom. The molecule has 0 aliphatic heterocycles. The quantitative estimate of drug-likeness (QED) is 0.108. The Hall–Kier alpha value is -1.96. The van der Waals surface area contributed by atoms with E-state index in [1.54, 1.807) is 13.8 Å². The van der Waals surface area contributed by atoms with Crippen molar-refractivity contribution < 1.29 is 38.5 Å². The average Bonchev–Trinajstić information content (AvgIpc) is 2.78. The number of ketones is 1. The van der Waals surface area contributed by atoms with Gasteiger partial charge in [0.05, 0.1) is 26.2 Å². The van der Waals surface area contributed by atoms with Crippen LogP contribution in [0.4, 0.5) is 0 Å². The Morgan fingerprint density at radius 1 is 0.676 bits per heavy atom. The number of carbonyl (C=O) groups excluding carboxylic acids is 4. The molecule has 0 aromatic carbocycles. The number of Topliss-reactive ketones (excluding diaryl/α,β-unsaturated/α-hetero) is 1. The predicted octanol–water partition coefficient (Wildman–Crippen LogP) is 4.68. The lowest BCUT2D eigenvalue weighted by Gasteiger charge is -2.30. The zero-order chi connectivity index (χ0) is 25.8. The van der Waals surface area contributed by atoms with Crippen LogP contribution < -0.4 is 0 Å². The summed E-state index contributed by atoms with van der Waals surface area (Å²) >= 11 is 0. The molecule has 2 atom stereocenters. The normalized spacial score (nSPS) is 13.6. The summed E-state index contributed by atoms with van der Waals surface area (Å²) in [6.07, 6.45) is 11.3. The maximum Gasteiger partial charge on any atom is 0.340 e. The Labute approximate surface area is 205 Å². The Morgan fingerprint density at radius 3 is 1.62 bits per heavy atom. The average molecular weight is 487 g/mol. The fraction of sp³-hybridized carbons (Fsp3) is 0.846. The van der Waals surface area contributed by atoms with Crippen molar-refractivity contribution in [3.05, 3.63) is 0 Å². The second-order valence-corrected chi connectivity index (χ2v) is 8.56. The molecule has 0 heterocycles. The summed E-state index contributed by atoms with van der Waals surface area (Å²) in [6.45, 7) is 6.74. The SMILES string of the molecule is CCCCCCCCCCCCCC(=O)C(C(=O)OCC)C(O)(CC(=O)OCC)C(=O)OCC. The second kappa shape index (κ2) is 19.4. The molecule has 0 saturated heterocycles. The summed E-state index contributed by atoms with van der Waals surface area (Å²) in [5.74, 6) is -5.66. The monoisotopic (exact) mass is 486 g/mol. The van der Waals surface area contributed by atoms with Crippen molar-refractivity contribution in [1.29, 1.82) is 0 Å². The van der Waals surface area contributed by atoms with E-state index in [-0.39, 0.29) is 26.2 Å². The van der Waals surface area contributed by atoms with Crippen LogP contribution in [-0.2, 0) is 33.4 Å². The third-order valence-corrected chi connectivity index (χ3v) is 5.70. The lowest BCUT2D eigenvalue weighted by Crippen LogP contribution is -2.55. The van der Waals surface area contributed by atoms with Crippen molar-refractivity contribution in [2.24, 2.45) is 5.92 Å². The Bertz CT molecular complexity index is 604. The van der Waals surface area contributed by atoms with Crippen molar-refractivity contribution in [1.82, 2.24) is 0 Å². The number of hydrogen-bond donors (Lipinski definition) is 1. The molecule has 1 N–H and O–H groups in total. The Kier molecular flexibility index (Phi) is 18.2. The van der Waals surface area contributed by atoms with Crippen LogP contribution in [-0.4, -0.2) is 54.2 Å². The highest BCUT2D eigenvalue weighted by Gasteiger charge is 2.55. The molecule has 0 saturated carbocycles.